The Kier molecular flexibility index (Phi) is 5.21. The molecule has 0 aliphatic carbocycles. The van der Waals surface area contributed by atoms with Gasteiger partial charge in [0.2, 0.25) is 11.8 Å². The Morgan fingerprint density at radius 3 is 2.15 bits per heavy atom. The third-order valence-electron chi connectivity index (χ3n) is 3.55. The lowest BCUT2D eigenvalue weighted by molar-refractivity contribution is -0.378. The summed E-state index contributed by atoms with van der Waals surface area (Å²) in [7, 11) is 0. The van der Waals surface area contributed by atoms with Gasteiger partial charge < -0.3 is 12.4 Å². The van der Waals surface area contributed by atoms with Gasteiger partial charge in [0.05, 0.1) is 0 Å². The average Bonchev–Trinajstić information content (AvgIpc) is 2.39. The number of H-pyrrole nitrogens is 1. The van der Waals surface area contributed by atoms with Gasteiger partial charge in [-0.3, -0.25) is 20.2 Å². The lowest BCUT2D eigenvalue weighted by Crippen LogP contribution is -3.00. The number of hydrogen-bond acceptors (Lipinski definition) is 3. The van der Waals surface area contributed by atoms with E-state index < -0.39 is 23.3 Å². The minimum Gasteiger partial charge on any atom is -1.00 e. The van der Waals surface area contributed by atoms with E-state index in [4.69, 9.17) is 0 Å². The van der Waals surface area contributed by atoms with Crippen LogP contribution in [0.1, 0.15) is 25.3 Å². The minimum atomic E-state index is -1.16. The van der Waals surface area contributed by atoms with Crippen molar-refractivity contribution >= 4 is 17.8 Å². The van der Waals surface area contributed by atoms with E-state index in [1.807, 2.05) is 12.1 Å². The van der Waals surface area contributed by atoms with Crippen LogP contribution in [0.25, 0.3) is 0 Å². The summed E-state index contributed by atoms with van der Waals surface area (Å²) in [6, 6.07) is 3.05. The first kappa shape index (κ1) is 16.1. The molecule has 1 fully saturated rings. The molecule has 0 spiro atoms. The number of carbonyl (C=O) groups is 3. The van der Waals surface area contributed by atoms with E-state index in [0.717, 1.165) is 5.56 Å². The predicted molar refractivity (Wildman–Crippen MR) is 65.7 cm³/mol. The molecule has 4 amide bonds. The minimum absolute atomic E-state index is 0. The summed E-state index contributed by atoms with van der Waals surface area (Å²) in [6.07, 6.45) is 4.91. The summed E-state index contributed by atoms with van der Waals surface area (Å²) in [6.45, 7) is 1.77. The second-order valence-corrected chi connectivity index (χ2v) is 4.58. The van der Waals surface area contributed by atoms with Crippen molar-refractivity contribution in [3.63, 3.8) is 0 Å². The van der Waals surface area contributed by atoms with Crippen LogP contribution >= 0.6 is 0 Å². The molecular formula is C13H16ClN3O3. The summed E-state index contributed by atoms with van der Waals surface area (Å²) < 4.78 is 0. The molecule has 20 heavy (non-hydrogen) atoms. The van der Waals surface area contributed by atoms with Crippen molar-refractivity contribution in [2.45, 2.75) is 26.2 Å². The molecular weight excluding hydrogens is 282 g/mol. The molecule has 6 nitrogen and oxygen atoms in total. The quantitative estimate of drug-likeness (QED) is 0.588. The van der Waals surface area contributed by atoms with E-state index >= 15 is 0 Å². The van der Waals surface area contributed by atoms with Crippen molar-refractivity contribution in [2.75, 3.05) is 0 Å². The van der Waals surface area contributed by atoms with E-state index in [9.17, 15) is 14.4 Å². The number of imide groups is 2. The van der Waals surface area contributed by atoms with E-state index in [0.29, 0.717) is 19.3 Å². The van der Waals surface area contributed by atoms with Crippen molar-refractivity contribution in [1.82, 2.24) is 10.6 Å². The zero-order valence-corrected chi connectivity index (χ0v) is 11.8. The van der Waals surface area contributed by atoms with Gasteiger partial charge in [-0.2, -0.15) is 0 Å². The number of amides is 4. The number of aromatic amines is 1. The zero-order chi connectivity index (χ0) is 13.9. The van der Waals surface area contributed by atoms with Crippen LogP contribution in [0.2, 0.25) is 0 Å². The van der Waals surface area contributed by atoms with Gasteiger partial charge >= 0.3 is 6.03 Å². The molecule has 0 unspecified atom stereocenters. The highest BCUT2D eigenvalue weighted by molar-refractivity contribution is 6.19. The largest absolute Gasteiger partial charge is 1.00 e. The molecule has 3 N–H and O–H groups in total. The first-order valence-electron chi connectivity index (χ1n) is 6.20. The zero-order valence-electron chi connectivity index (χ0n) is 11.0. The molecule has 1 aliphatic rings. The van der Waals surface area contributed by atoms with Gasteiger partial charge in [-0.15, -0.1) is 0 Å². The highest BCUT2D eigenvalue weighted by Gasteiger charge is 2.48. The number of aryl methyl sites for hydroxylation is 1. The second kappa shape index (κ2) is 6.47. The van der Waals surface area contributed by atoms with Crippen LogP contribution in [0.3, 0.4) is 0 Å². The van der Waals surface area contributed by atoms with Gasteiger partial charge in [0, 0.05) is 12.1 Å². The fraction of sp³-hybridized carbons (Fsp3) is 0.385. The Morgan fingerprint density at radius 2 is 1.65 bits per heavy atom. The van der Waals surface area contributed by atoms with Crippen molar-refractivity contribution in [3.8, 4) is 0 Å². The molecule has 1 aliphatic heterocycles. The van der Waals surface area contributed by atoms with Crippen LogP contribution in [0.4, 0.5) is 4.79 Å². The number of aromatic nitrogens is 1. The van der Waals surface area contributed by atoms with Crippen molar-refractivity contribution < 1.29 is 31.8 Å². The van der Waals surface area contributed by atoms with E-state index in [1.165, 1.54) is 0 Å². The highest BCUT2D eigenvalue weighted by atomic mass is 35.5. The summed E-state index contributed by atoms with van der Waals surface area (Å²) in [5.74, 6) is -1.02. The molecule has 1 saturated heterocycles. The number of barbiturate groups is 1. The summed E-state index contributed by atoms with van der Waals surface area (Å²) >= 11 is 0. The number of carbonyl (C=O) groups excluding carboxylic acids is 3. The molecule has 0 bridgehead atoms. The van der Waals surface area contributed by atoms with Gasteiger partial charge in [0.15, 0.2) is 12.4 Å². The topological polar surface area (TPSA) is 89.4 Å². The Hall–Kier alpha value is -1.95. The van der Waals surface area contributed by atoms with E-state index in [-0.39, 0.29) is 12.4 Å². The van der Waals surface area contributed by atoms with Crippen LogP contribution in [-0.2, 0) is 16.0 Å². The average molecular weight is 298 g/mol. The maximum absolute atomic E-state index is 12.0. The van der Waals surface area contributed by atoms with Gasteiger partial charge in [-0.1, -0.05) is 6.92 Å². The van der Waals surface area contributed by atoms with Gasteiger partial charge in [-0.25, -0.2) is 9.78 Å². The molecule has 1 aromatic rings. The number of urea groups is 1. The Morgan fingerprint density at radius 1 is 1.10 bits per heavy atom. The first-order valence-corrected chi connectivity index (χ1v) is 6.20. The van der Waals surface area contributed by atoms with E-state index in [1.54, 1.807) is 19.3 Å². The molecule has 0 radical (unpaired) electrons. The number of pyridine rings is 1. The molecule has 2 heterocycles. The molecule has 108 valence electrons. The number of rotatable bonds is 4. The number of nitrogens with one attached hydrogen (secondary N) is 3. The summed E-state index contributed by atoms with van der Waals surface area (Å²) in [5, 5.41) is 4.34. The lowest BCUT2D eigenvalue weighted by atomic mass is 9.77. The second-order valence-electron chi connectivity index (χ2n) is 4.58. The highest BCUT2D eigenvalue weighted by Crippen LogP contribution is 2.30. The third kappa shape index (κ3) is 2.96. The SMILES string of the molecule is CCC1(CCc2cc[nH+]cc2)C(=O)NC(=O)NC1=O.[Cl-]. The van der Waals surface area contributed by atoms with Crippen LogP contribution in [0.15, 0.2) is 24.5 Å². The standard InChI is InChI=1S/C13H15N3O3.ClH/c1-2-13(6-3-9-4-7-14-8-5-9)10(17)15-12(19)16-11(13)18;/h4-5,7-8H,2-3,6H2,1H3,(H2,15,16,17,18,19);1H. The normalized spacial score (nSPS) is 16.9. The van der Waals surface area contributed by atoms with E-state index in [2.05, 4.69) is 15.6 Å². The van der Waals surface area contributed by atoms with Crippen LogP contribution < -0.4 is 28.0 Å². The van der Waals surface area contributed by atoms with Crippen molar-refractivity contribution in [3.05, 3.63) is 30.1 Å². The van der Waals surface area contributed by atoms with Crippen LogP contribution in [0, 0.1) is 5.41 Å². The smallest absolute Gasteiger partial charge is 0.328 e. The first-order chi connectivity index (χ1) is 9.08. The van der Waals surface area contributed by atoms with Crippen LogP contribution in [-0.4, -0.2) is 17.8 Å². The number of halogens is 1. The Bertz CT molecular complexity index is 499. The fourth-order valence-electron chi connectivity index (χ4n) is 2.25. The van der Waals surface area contributed by atoms with Gasteiger partial charge in [-0.05, 0) is 24.8 Å². The molecule has 1 aromatic heterocycles. The molecule has 0 aromatic carbocycles. The molecule has 2 rings (SSSR count). The summed E-state index contributed by atoms with van der Waals surface area (Å²) in [4.78, 5) is 38.0. The van der Waals surface area contributed by atoms with Gasteiger partial charge in [0.1, 0.15) is 5.41 Å². The summed E-state index contributed by atoms with van der Waals surface area (Å²) in [5.41, 5.74) is -0.128. The predicted octanol–water partition coefficient (Wildman–Crippen LogP) is -2.80. The Labute approximate surface area is 122 Å². The lowest BCUT2D eigenvalue weighted by Gasteiger charge is -2.32. The number of hydrogen-bond donors (Lipinski definition) is 2. The third-order valence-corrected chi connectivity index (χ3v) is 3.55. The van der Waals surface area contributed by atoms with Gasteiger partial charge in [0.25, 0.3) is 0 Å². The molecule has 7 heteroatoms. The Balaban J connectivity index is 0.00000200. The van der Waals surface area contributed by atoms with Crippen molar-refractivity contribution in [1.29, 1.82) is 0 Å². The van der Waals surface area contributed by atoms with Crippen LogP contribution in [0.5, 0.6) is 0 Å². The molecule has 0 atom stereocenters. The maximum atomic E-state index is 12.0. The fourth-order valence-corrected chi connectivity index (χ4v) is 2.25. The maximum Gasteiger partial charge on any atom is 0.328 e. The molecule has 0 saturated carbocycles. The van der Waals surface area contributed by atoms with Crippen molar-refractivity contribution in [2.24, 2.45) is 5.41 Å². The monoisotopic (exact) mass is 297 g/mol.